The number of β-amino-alcohol motifs (C(OH)–C–C–N with tert-alkyl or cyclic N) is 1. The van der Waals surface area contributed by atoms with Gasteiger partial charge in [-0.2, -0.15) is 0 Å². The number of hydrogen-bond acceptors (Lipinski definition) is 4. The summed E-state index contributed by atoms with van der Waals surface area (Å²) in [5.74, 6) is 0.669. The van der Waals surface area contributed by atoms with Crippen molar-refractivity contribution in [2.45, 2.75) is 56.7 Å². The minimum absolute atomic E-state index is 0.571. The second-order valence-corrected chi connectivity index (χ2v) is 6.68. The van der Waals surface area contributed by atoms with Crippen LogP contribution in [0, 0.1) is 5.92 Å². The lowest BCUT2D eigenvalue weighted by Gasteiger charge is -2.43. The van der Waals surface area contributed by atoms with Gasteiger partial charge in [0.05, 0.1) is 11.2 Å². The van der Waals surface area contributed by atoms with Gasteiger partial charge < -0.3 is 20.8 Å². The van der Waals surface area contributed by atoms with E-state index in [0.717, 1.165) is 51.9 Å². The maximum Gasteiger partial charge on any atom is 0.0776 e. The van der Waals surface area contributed by atoms with Crippen molar-refractivity contribution in [2.75, 3.05) is 26.2 Å². The van der Waals surface area contributed by atoms with Gasteiger partial charge in [0.25, 0.3) is 0 Å². The number of nitrogens with zero attached hydrogens (tertiary/aromatic N) is 1. The van der Waals surface area contributed by atoms with E-state index in [4.69, 9.17) is 5.73 Å². The first-order chi connectivity index (χ1) is 8.42. The van der Waals surface area contributed by atoms with Crippen LogP contribution in [0.1, 0.15) is 45.4 Å². The zero-order chi connectivity index (χ0) is 13.2. The van der Waals surface area contributed by atoms with Gasteiger partial charge in [-0.05, 0) is 71.0 Å². The van der Waals surface area contributed by atoms with Crippen molar-refractivity contribution < 1.29 is 10.2 Å². The van der Waals surface area contributed by atoms with Gasteiger partial charge in [-0.1, -0.05) is 0 Å². The number of nitrogens with two attached hydrogens (primary N) is 1. The smallest absolute Gasteiger partial charge is 0.0776 e. The molecule has 18 heavy (non-hydrogen) atoms. The standard InChI is InChI=1S/C14H28N2O2/c1-13(17)4-6-14(18,7-5-13)11-16-8-2-12(10-15)3-9-16/h12,17-18H,2-11,15H2,1H3/t13-,14-. The van der Waals surface area contributed by atoms with E-state index in [1.807, 2.05) is 6.92 Å². The van der Waals surface area contributed by atoms with Gasteiger partial charge in [0, 0.05) is 6.54 Å². The zero-order valence-corrected chi connectivity index (χ0v) is 11.6. The van der Waals surface area contributed by atoms with Crippen LogP contribution in [0.15, 0.2) is 0 Å². The summed E-state index contributed by atoms with van der Waals surface area (Å²) in [7, 11) is 0. The maximum atomic E-state index is 10.6. The molecule has 0 radical (unpaired) electrons. The Balaban J connectivity index is 1.79. The van der Waals surface area contributed by atoms with E-state index in [-0.39, 0.29) is 0 Å². The molecule has 2 aliphatic rings. The predicted molar refractivity (Wildman–Crippen MR) is 72.3 cm³/mol. The van der Waals surface area contributed by atoms with Crippen molar-refractivity contribution in [1.82, 2.24) is 4.90 Å². The van der Waals surface area contributed by atoms with Crippen LogP contribution in [0.2, 0.25) is 0 Å². The topological polar surface area (TPSA) is 69.7 Å². The van der Waals surface area contributed by atoms with Gasteiger partial charge >= 0.3 is 0 Å². The van der Waals surface area contributed by atoms with Crippen molar-refractivity contribution >= 4 is 0 Å². The summed E-state index contributed by atoms with van der Waals surface area (Å²) >= 11 is 0. The molecule has 1 saturated carbocycles. The maximum absolute atomic E-state index is 10.6. The van der Waals surface area contributed by atoms with E-state index in [1.54, 1.807) is 0 Å². The summed E-state index contributed by atoms with van der Waals surface area (Å²) < 4.78 is 0. The van der Waals surface area contributed by atoms with E-state index < -0.39 is 11.2 Å². The van der Waals surface area contributed by atoms with Crippen molar-refractivity contribution in [1.29, 1.82) is 0 Å². The van der Waals surface area contributed by atoms with Crippen LogP contribution < -0.4 is 5.73 Å². The third-order valence-electron chi connectivity index (χ3n) is 4.82. The largest absolute Gasteiger partial charge is 0.390 e. The summed E-state index contributed by atoms with van der Waals surface area (Å²) in [5, 5.41) is 20.5. The molecule has 4 N–H and O–H groups in total. The summed E-state index contributed by atoms with van der Waals surface area (Å²) in [6, 6.07) is 0. The van der Waals surface area contributed by atoms with Crippen LogP contribution in [0.4, 0.5) is 0 Å². The molecule has 4 nitrogen and oxygen atoms in total. The Morgan fingerprint density at radius 3 is 2.17 bits per heavy atom. The van der Waals surface area contributed by atoms with Crippen LogP contribution in [-0.4, -0.2) is 52.5 Å². The average Bonchev–Trinajstić information content (AvgIpc) is 2.35. The second-order valence-electron chi connectivity index (χ2n) is 6.68. The monoisotopic (exact) mass is 256 g/mol. The Bertz CT molecular complexity index is 263. The fraction of sp³-hybridized carbons (Fsp3) is 1.00. The molecule has 106 valence electrons. The van der Waals surface area contributed by atoms with Crippen molar-refractivity contribution in [3.63, 3.8) is 0 Å². The summed E-state index contributed by atoms with van der Waals surface area (Å²) in [5.41, 5.74) is 4.54. The van der Waals surface area contributed by atoms with E-state index >= 15 is 0 Å². The first-order valence-electron chi connectivity index (χ1n) is 7.30. The molecule has 1 aliphatic carbocycles. The number of rotatable bonds is 3. The van der Waals surface area contributed by atoms with Gasteiger partial charge in [-0.25, -0.2) is 0 Å². The molecule has 1 heterocycles. The van der Waals surface area contributed by atoms with Crippen LogP contribution in [0.3, 0.4) is 0 Å². The normalized spacial score (nSPS) is 40.0. The zero-order valence-electron chi connectivity index (χ0n) is 11.6. The Morgan fingerprint density at radius 1 is 1.11 bits per heavy atom. The Labute approximate surface area is 110 Å². The quantitative estimate of drug-likeness (QED) is 0.696. The van der Waals surface area contributed by atoms with Crippen molar-refractivity contribution in [3.8, 4) is 0 Å². The minimum Gasteiger partial charge on any atom is -0.390 e. The van der Waals surface area contributed by atoms with Crippen LogP contribution in [0.25, 0.3) is 0 Å². The SMILES string of the molecule is C[C@]1(O)CC[C@@](O)(CN2CCC(CN)CC2)CC1. The average molecular weight is 256 g/mol. The first-order valence-corrected chi connectivity index (χ1v) is 7.30. The van der Waals surface area contributed by atoms with E-state index in [9.17, 15) is 10.2 Å². The minimum atomic E-state index is -0.586. The van der Waals surface area contributed by atoms with Gasteiger partial charge in [0.15, 0.2) is 0 Å². The molecule has 0 aromatic heterocycles. The molecule has 0 amide bonds. The molecule has 1 saturated heterocycles. The highest BCUT2D eigenvalue weighted by Gasteiger charge is 2.39. The van der Waals surface area contributed by atoms with Gasteiger partial charge in [0.2, 0.25) is 0 Å². The Kier molecular flexibility index (Phi) is 4.32. The first kappa shape index (κ1) is 14.3. The Hall–Kier alpha value is -0.160. The molecule has 1 aliphatic heterocycles. The van der Waals surface area contributed by atoms with Gasteiger partial charge in [-0.3, -0.25) is 0 Å². The van der Waals surface area contributed by atoms with Crippen LogP contribution >= 0.6 is 0 Å². The summed E-state index contributed by atoms with van der Waals surface area (Å²) in [6.45, 7) is 5.54. The van der Waals surface area contributed by atoms with Crippen molar-refractivity contribution in [2.24, 2.45) is 11.7 Å². The number of piperidine rings is 1. The van der Waals surface area contributed by atoms with Crippen LogP contribution in [-0.2, 0) is 0 Å². The number of likely N-dealkylation sites (tertiary alicyclic amines) is 1. The predicted octanol–water partition coefficient (Wildman–Crippen LogP) is 0.713. The van der Waals surface area contributed by atoms with Gasteiger partial charge in [-0.15, -0.1) is 0 Å². The summed E-state index contributed by atoms with van der Waals surface area (Å²) in [4.78, 5) is 2.37. The molecule has 2 rings (SSSR count). The molecular weight excluding hydrogens is 228 g/mol. The molecule has 0 bridgehead atoms. The van der Waals surface area contributed by atoms with Crippen molar-refractivity contribution in [3.05, 3.63) is 0 Å². The summed E-state index contributed by atoms with van der Waals surface area (Å²) in [6.07, 6.45) is 5.17. The lowest BCUT2D eigenvalue weighted by Crippen LogP contribution is -2.50. The van der Waals surface area contributed by atoms with E-state index in [0.29, 0.717) is 18.8 Å². The molecule has 0 aromatic carbocycles. The highest BCUT2D eigenvalue weighted by Crippen LogP contribution is 2.35. The number of hydrogen-bond donors (Lipinski definition) is 3. The third kappa shape index (κ3) is 3.67. The fourth-order valence-corrected chi connectivity index (χ4v) is 3.21. The molecule has 0 atom stereocenters. The number of aliphatic hydroxyl groups is 2. The second kappa shape index (κ2) is 5.45. The molecular formula is C14H28N2O2. The van der Waals surface area contributed by atoms with Crippen LogP contribution in [0.5, 0.6) is 0 Å². The molecule has 0 aromatic rings. The Morgan fingerprint density at radius 2 is 1.67 bits per heavy atom. The van der Waals surface area contributed by atoms with E-state index in [1.165, 1.54) is 0 Å². The lowest BCUT2D eigenvalue weighted by molar-refractivity contribution is -0.0877. The molecule has 0 spiro atoms. The lowest BCUT2D eigenvalue weighted by atomic mass is 9.76. The molecule has 0 unspecified atom stereocenters. The highest BCUT2D eigenvalue weighted by molar-refractivity contribution is 4.93. The van der Waals surface area contributed by atoms with Gasteiger partial charge in [0.1, 0.15) is 0 Å². The fourth-order valence-electron chi connectivity index (χ4n) is 3.21. The third-order valence-corrected chi connectivity index (χ3v) is 4.82. The molecule has 4 heteroatoms. The highest BCUT2D eigenvalue weighted by atomic mass is 16.3. The van der Waals surface area contributed by atoms with E-state index in [2.05, 4.69) is 4.90 Å². The molecule has 2 fully saturated rings.